The molecule has 9 nitrogen and oxygen atoms in total. The summed E-state index contributed by atoms with van der Waals surface area (Å²) >= 11 is 0. The van der Waals surface area contributed by atoms with Gasteiger partial charge in [0, 0.05) is 7.05 Å². The van der Waals surface area contributed by atoms with E-state index in [1.807, 2.05) is 6.92 Å². The summed E-state index contributed by atoms with van der Waals surface area (Å²) in [6, 6.07) is 0.122. The van der Waals surface area contributed by atoms with Gasteiger partial charge in [0.05, 0.1) is 26.4 Å². The Morgan fingerprint density at radius 3 is 2.15 bits per heavy atom. The molecule has 0 atom stereocenters. The molecule has 0 amide bonds. The van der Waals surface area contributed by atoms with Gasteiger partial charge < -0.3 is 30.7 Å². The lowest BCUT2D eigenvalue weighted by atomic mass is 10.0. The standard InChI is InChI=1S/C11H21N5O4/c1-3-4-20-10-14-8(12-2)13-9(15-10)16-11(5-17,6-18)7-19/h17-19H,3-7H2,1-2H3,(H2,12,13,14,15,16). The lowest BCUT2D eigenvalue weighted by Crippen LogP contribution is -2.49. The Balaban J connectivity index is 2.98. The lowest BCUT2D eigenvalue weighted by molar-refractivity contribution is 0.0827. The molecule has 0 aliphatic carbocycles. The fourth-order valence-corrected chi connectivity index (χ4v) is 1.29. The third-order valence-electron chi connectivity index (χ3n) is 2.56. The first kappa shape index (κ1) is 16.3. The number of anilines is 2. The Hall–Kier alpha value is -1.71. The van der Waals surface area contributed by atoms with Gasteiger partial charge in [-0.15, -0.1) is 0 Å². The number of hydrogen-bond donors (Lipinski definition) is 5. The van der Waals surface area contributed by atoms with Gasteiger partial charge in [0.15, 0.2) is 0 Å². The number of aliphatic hydroxyl groups excluding tert-OH is 3. The van der Waals surface area contributed by atoms with Crippen molar-refractivity contribution in [1.29, 1.82) is 0 Å². The Morgan fingerprint density at radius 1 is 1.05 bits per heavy atom. The highest BCUT2D eigenvalue weighted by Crippen LogP contribution is 2.15. The van der Waals surface area contributed by atoms with Crippen LogP contribution in [0, 0.1) is 0 Å². The van der Waals surface area contributed by atoms with Gasteiger partial charge in [0.25, 0.3) is 0 Å². The number of nitrogens with zero attached hydrogens (tertiary/aromatic N) is 3. The van der Waals surface area contributed by atoms with Gasteiger partial charge in [-0.3, -0.25) is 0 Å². The summed E-state index contributed by atoms with van der Waals surface area (Å²) in [4.78, 5) is 12.1. The van der Waals surface area contributed by atoms with E-state index in [0.717, 1.165) is 6.42 Å². The Bertz CT molecular complexity index is 406. The molecule has 5 N–H and O–H groups in total. The largest absolute Gasteiger partial charge is 0.463 e. The summed E-state index contributed by atoms with van der Waals surface area (Å²) < 4.78 is 5.32. The van der Waals surface area contributed by atoms with Gasteiger partial charge in [-0.1, -0.05) is 6.92 Å². The summed E-state index contributed by atoms with van der Waals surface area (Å²) in [6.07, 6.45) is 0.803. The van der Waals surface area contributed by atoms with E-state index in [0.29, 0.717) is 6.61 Å². The van der Waals surface area contributed by atoms with E-state index in [9.17, 15) is 15.3 Å². The first-order valence-corrected chi connectivity index (χ1v) is 6.30. The van der Waals surface area contributed by atoms with Crippen molar-refractivity contribution in [3.8, 4) is 6.01 Å². The normalized spacial score (nSPS) is 11.2. The van der Waals surface area contributed by atoms with Crippen molar-refractivity contribution in [3.05, 3.63) is 0 Å². The van der Waals surface area contributed by atoms with Gasteiger partial charge in [-0.05, 0) is 6.42 Å². The Morgan fingerprint density at radius 2 is 1.65 bits per heavy atom. The van der Waals surface area contributed by atoms with Gasteiger partial charge in [-0.2, -0.15) is 15.0 Å². The summed E-state index contributed by atoms with van der Waals surface area (Å²) in [5, 5.41) is 33.3. The van der Waals surface area contributed by atoms with Crippen LogP contribution in [0.5, 0.6) is 6.01 Å². The van der Waals surface area contributed by atoms with E-state index >= 15 is 0 Å². The van der Waals surface area contributed by atoms with E-state index in [-0.39, 0.29) is 17.9 Å². The highest BCUT2D eigenvalue weighted by Gasteiger charge is 2.29. The van der Waals surface area contributed by atoms with Gasteiger partial charge in [-0.25, -0.2) is 0 Å². The van der Waals surface area contributed by atoms with Crippen molar-refractivity contribution in [1.82, 2.24) is 15.0 Å². The van der Waals surface area contributed by atoms with Crippen LogP contribution in [0.3, 0.4) is 0 Å². The topological polar surface area (TPSA) is 133 Å². The van der Waals surface area contributed by atoms with E-state index < -0.39 is 25.4 Å². The highest BCUT2D eigenvalue weighted by atomic mass is 16.5. The minimum absolute atomic E-state index is 0.0904. The maximum Gasteiger partial charge on any atom is 0.323 e. The molecule has 0 bridgehead atoms. The fraction of sp³-hybridized carbons (Fsp3) is 0.727. The van der Waals surface area contributed by atoms with Gasteiger partial charge >= 0.3 is 6.01 Å². The van der Waals surface area contributed by atoms with Gasteiger partial charge in [0.2, 0.25) is 11.9 Å². The van der Waals surface area contributed by atoms with Crippen LogP contribution in [-0.2, 0) is 0 Å². The Labute approximate surface area is 117 Å². The average Bonchev–Trinajstić information content (AvgIpc) is 2.50. The molecule has 1 aromatic heterocycles. The Kier molecular flexibility index (Phi) is 6.36. The molecule has 0 fully saturated rings. The first-order valence-electron chi connectivity index (χ1n) is 6.30. The number of ether oxygens (including phenoxy) is 1. The third kappa shape index (κ3) is 4.15. The minimum Gasteiger partial charge on any atom is -0.463 e. The van der Waals surface area contributed by atoms with Crippen LogP contribution < -0.4 is 15.4 Å². The molecule has 1 heterocycles. The SMILES string of the molecule is CCCOc1nc(NC)nc(NC(CO)(CO)CO)n1. The molecule has 20 heavy (non-hydrogen) atoms. The minimum atomic E-state index is -1.31. The van der Waals surface area contributed by atoms with E-state index in [1.165, 1.54) is 0 Å². The van der Waals surface area contributed by atoms with Crippen molar-refractivity contribution in [2.45, 2.75) is 18.9 Å². The van der Waals surface area contributed by atoms with Crippen LogP contribution in [0.1, 0.15) is 13.3 Å². The van der Waals surface area contributed by atoms with Gasteiger partial charge in [0.1, 0.15) is 5.54 Å². The molecule has 0 saturated carbocycles. The van der Waals surface area contributed by atoms with Crippen LogP contribution in [0.15, 0.2) is 0 Å². The molecule has 0 spiro atoms. The molecule has 0 aliphatic rings. The number of hydrogen-bond acceptors (Lipinski definition) is 9. The quantitative estimate of drug-likeness (QED) is 0.381. The molecular weight excluding hydrogens is 266 g/mol. The zero-order valence-corrected chi connectivity index (χ0v) is 11.6. The summed E-state index contributed by atoms with van der Waals surface area (Å²) in [5.41, 5.74) is -1.31. The first-order chi connectivity index (χ1) is 9.62. The number of aliphatic hydroxyl groups is 3. The van der Waals surface area contributed by atoms with E-state index in [1.54, 1.807) is 7.05 Å². The zero-order valence-electron chi connectivity index (χ0n) is 11.6. The van der Waals surface area contributed by atoms with E-state index in [4.69, 9.17) is 4.74 Å². The molecule has 0 unspecified atom stereocenters. The second-order valence-electron chi connectivity index (χ2n) is 4.24. The summed E-state index contributed by atoms with van der Waals surface area (Å²) in [7, 11) is 1.64. The van der Waals surface area contributed by atoms with Crippen molar-refractivity contribution in [3.63, 3.8) is 0 Å². The van der Waals surface area contributed by atoms with Crippen molar-refractivity contribution < 1.29 is 20.1 Å². The lowest BCUT2D eigenvalue weighted by Gasteiger charge is -2.28. The molecule has 1 aromatic rings. The summed E-state index contributed by atoms with van der Waals surface area (Å²) in [6.45, 7) is 0.967. The average molecular weight is 287 g/mol. The molecule has 1 rings (SSSR count). The monoisotopic (exact) mass is 287 g/mol. The van der Waals surface area contributed by atoms with Crippen molar-refractivity contribution in [2.24, 2.45) is 0 Å². The maximum atomic E-state index is 9.27. The molecule has 0 saturated heterocycles. The maximum absolute atomic E-state index is 9.27. The van der Waals surface area contributed by atoms with Crippen molar-refractivity contribution >= 4 is 11.9 Å². The number of nitrogens with one attached hydrogen (secondary N) is 2. The van der Waals surface area contributed by atoms with Crippen LogP contribution >= 0.6 is 0 Å². The third-order valence-corrected chi connectivity index (χ3v) is 2.56. The molecule has 0 radical (unpaired) electrons. The predicted molar refractivity (Wildman–Crippen MR) is 72.8 cm³/mol. The molecule has 114 valence electrons. The predicted octanol–water partition coefficient (Wildman–Crippen LogP) is -1.17. The molecule has 9 heteroatoms. The van der Waals surface area contributed by atoms with Crippen LogP contribution in [0.4, 0.5) is 11.9 Å². The van der Waals surface area contributed by atoms with E-state index in [2.05, 4.69) is 25.6 Å². The molecule has 0 aromatic carbocycles. The van der Waals surface area contributed by atoms with Crippen LogP contribution in [0.25, 0.3) is 0 Å². The zero-order chi connectivity index (χ0) is 15.0. The second-order valence-corrected chi connectivity index (χ2v) is 4.24. The van der Waals surface area contributed by atoms with Crippen LogP contribution in [-0.4, -0.2) is 69.3 Å². The highest BCUT2D eigenvalue weighted by molar-refractivity contribution is 5.38. The number of rotatable bonds is 9. The summed E-state index contributed by atoms with van der Waals surface area (Å²) in [5.74, 6) is 0.365. The smallest absolute Gasteiger partial charge is 0.323 e. The molecule has 0 aliphatic heterocycles. The fourth-order valence-electron chi connectivity index (χ4n) is 1.29. The van der Waals surface area contributed by atoms with Crippen LogP contribution in [0.2, 0.25) is 0 Å². The number of aromatic nitrogens is 3. The molecular formula is C11H21N5O4. The van der Waals surface area contributed by atoms with Crippen molar-refractivity contribution in [2.75, 3.05) is 44.1 Å². The second kappa shape index (κ2) is 7.78.